The molecule has 2 saturated heterocycles. The van der Waals surface area contributed by atoms with Crippen LogP contribution in [0.1, 0.15) is 74.1 Å². The lowest BCUT2D eigenvalue weighted by Gasteiger charge is -2.49. The second-order valence-electron chi connectivity index (χ2n) is 15.6. The highest BCUT2D eigenvalue weighted by Gasteiger charge is 2.71. The molecule has 2 aromatic carbocycles. The summed E-state index contributed by atoms with van der Waals surface area (Å²) in [4.78, 5) is 27.6. The summed E-state index contributed by atoms with van der Waals surface area (Å²) in [5, 5.41) is 2.33. The molecule has 0 radical (unpaired) electrons. The molecule has 6 heteroatoms. The van der Waals surface area contributed by atoms with Crippen molar-refractivity contribution in [1.82, 2.24) is 0 Å². The zero-order valence-electron chi connectivity index (χ0n) is 29.5. The first-order valence-corrected chi connectivity index (χ1v) is 19.3. The van der Waals surface area contributed by atoms with Gasteiger partial charge in [0.25, 0.3) is 8.32 Å². The number of benzene rings is 2. The van der Waals surface area contributed by atoms with Gasteiger partial charge in [-0.05, 0) is 64.9 Å². The molecular weight excluding hydrogens is 601 g/mol. The molecule has 8 atom stereocenters. The van der Waals surface area contributed by atoms with E-state index in [4.69, 9.17) is 13.9 Å². The number of esters is 1. The Hall–Kier alpha value is -3.06. The lowest BCUT2D eigenvalue weighted by Crippen LogP contribution is -2.66. The molecule has 1 aliphatic carbocycles. The number of Topliss-reactive ketones (excluding diaryl/α,β-unsaturated/α-hetero) is 1. The molecule has 0 unspecified atom stereocenters. The van der Waals surface area contributed by atoms with Crippen LogP contribution >= 0.6 is 0 Å². The molecule has 0 bridgehead atoms. The van der Waals surface area contributed by atoms with Gasteiger partial charge in [0.15, 0.2) is 11.2 Å². The maximum absolute atomic E-state index is 13.8. The van der Waals surface area contributed by atoms with Crippen molar-refractivity contribution in [3.05, 3.63) is 97.6 Å². The van der Waals surface area contributed by atoms with Crippen molar-refractivity contribution >= 4 is 30.4 Å². The summed E-state index contributed by atoms with van der Waals surface area (Å²) < 4.78 is 20.7. The van der Waals surface area contributed by atoms with Gasteiger partial charge < -0.3 is 13.9 Å². The van der Waals surface area contributed by atoms with E-state index in [1.54, 1.807) is 6.92 Å². The Morgan fingerprint density at radius 1 is 1.02 bits per heavy atom. The van der Waals surface area contributed by atoms with E-state index in [2.05, 4.69) is 121 Å². The Kier molecular flexibility index (Phi) is 10.1. The van der Waals surface area contributed by atoms with Crippen LogP contribution < -0.4 is 10.4 Å². The van der Waals surface area contributed by atoms with Gasteiger partial charge in [0.2, 0.25) is 0 Å². The summed E-state index contributed by atoms with van der Waals surface area (Å²) >= 11 is 0. The van der Waals surface area contributed by atoms with E-state index in [0.29, 0.717) is 25.4 Å². The third-order valence-corrected chi connectivity index (χ3v) is 16.3. The zero-order chi connectivity index (χ0) is 34.2. The van der Waals surface area contributed by atoms with Gasteiger partial charge >= 0.3 is 5.97 Å². The molecule has 252 valence electrons. The second-order valence-corrected chi connectivity index (χ2v) is 19.9. The molecule has 1 spiro atoms. The number of rotatable bonds is 11. The largest absolute Gasteiger partial charge is 0.455 e. The summed E-state index contributed by atoms with van der Waals surface area (Å²) in [6.07, 6.45) is 7.38. The Bertz CT molecular complexity index is 1450. The van der Waals surface area contributed by atoms with Gasteiger partial charge in [-0.15, -0.1) is 13.2 Å². The molecule has 47 heavy (non-hydrogen) atoms. The van der Waals surface area contributed by atoms with Crippen LogP contribution in [0.4, 0.5) is 0 Å². The van der Waals surface area contributed by atoms with Crippen LogP contribution in [0.2, 0.25) is 5.04 Å². The molecule has 2 aromatic rings. The Morgan fingerprint density at radius 2 is 1.62 bits per heavy atom. The Labute approximate surface area is 283 Å². The standard InChI is InChI=1S/C41H54O5Si/c1-10-18-32-24-31(27-44-47(39(6,7)8,33-19-14-12-15-20-33)34-21-16-13-17-22-34)30(5)26-41(32)37-40(9,38(43)46-41)36(42)25-35(45-37)29(4)23-28(3)11-2/h10-17,19-22,24,28-30,32,35,37H,1-2,18,23,25-27H2,3-9H3/t28-,29-,30+,32+,35+,37-,40+,41+/m1/s1. The molecule has 5 rings (SSSR count). The maximum atomic E-state index is 13.8. The smallest absolute Gasteiger partial charge is 0.322 e. The summed E-state index contributed by atoms with van der Waals surface area (Å²) in [7, 11) is -2.76. The highest BCUT2D eigenvalue weighted by Crippen LogP contribution is 2.57. The topological polar surface area (TPSA) is 61.8 Å². The van der Waals surface area contributed by atoms with E-state index >= 15 is 0 Å². The monoisotopic (exact) mass is 654 g/mol. The minimum atomic E-state index is -2.76. The summed E-state index contributed by atoms with van der Waals surface area (Å²) in [5.74, 6) is -0.251. The number of hydrogen-bond acceptors (Lipinski definition) is 5. The van der Waals surface area contributed by atoms with E-state index in [1.807, 2.05) is 12.2 Å². The van der Waals surface area contributed by atoms with Crippen LogP contribution in [-0.2, 0) is 23.5 Å². The molecule has 2 aliphatic heterocycles. The number of fused-ring (bicyclic) bond motifs is 2. The van der Waals surface area contributed by atoms with E-state index < -0.39 is 31.4 Å². The van der Waals surface area contributed by atoms with Crippen LogP contribution in [0.15, 0.2) is 97.6 Å². The molecule has 0 amide bonds. The fraction of sp³-hybridized carbons (Fsp3) is 0.512. The van der Waals surface area contributed by atoms with Crippen molar-refractivity contribution in [3.8, 4) is 0 Å². The van der Waals surface area contributed by atoms with Crippen molar-refractivity contribution in [3.63, 3.8) is 0 Å². The van der Waals surface area contributed by atoms with Crippen LogP contribution in [0.3, 0.4) is 0 Å². The van der Waals surface area contributed by atoms with Gasteiger partial charge in [-0.25, -0.2) is 0 Å². The number of carbonyl (C=O) groups is 2. The molecule has 0 saturated carbocycles. The van der Waals surface area contributed by atoms with Crippen molar-refractivity contribution in [1.29, 1.82) is 0 Å². The zero-order valence-corrected chi connectivity index (χ0v) is 30.5. The number of ether oxygens (including phenoxy) is 2. The number of hydrogen-bond donors (Lipinski definition) is 0. The number of ketones is 1. The Morgan fingerprint density at radius 3 is 2.15 bits per heavy atom. The summed E-state index contributed by atoms with van der Waals surface area (Å²) in [6.45, 7) is 23.5. The van der Waals surface area contributed by atoms with Crippen molar-refractivity contribution in [2.75, 3.05) is 6.61 Å². The maximum Gasteiger partial charge on any atom is 0.322 e. The molecular formula is C41H54O5Si. The van der Waals surface area contributed by atoms with Crippen molar-refractivity contribution < 1.29 is 23.5 Å². The molecule has 0 N–H and O–H groups in total. The van der Waals surface area contributed by atoms with E-state index in [9.17, 15) is 9.59 Å². The Balaban J connectivity index is 1.52. The molecule has 3 aliphatic rings. The average molecular weight is 655 g/mol. The van der Waals surface area contributed by atoms with E-state index in [-0.39, 0.29) is 41.1 Å². The van der Waals surface area contributed by atoms with E-state index in [1.165, 1.54) is 15.9 Å². The SMILES string of the molecule is C=CC[C@H]1C=C(CO[Si](c2ccccc2)(c2ccccc2)C(C)(C)C)[C@@H](C)C[C@]12OC(=O)[C@@]1(C)C(=O)C[C@@H]([C@H](C)C[C@H](C)C=C)O[C@H]12. The molecule has 2 heterocycles. The van der Waals surface area contributed by atoms with E-state index in [0.717, 1.165) is 6.42 Å². The summed E-state index contributed by atoms with van der Waals surface area (Å²) in [6, 6.07) is 21.4. The second kappa shape index (κ2) is 13.4. The van der Waals surface area contributed by atoms with Gasteiger partial charge in [0, 0.05) is 12.3 Å². The minimum Gasteiger partial charge on any atom is -0.455 e. The van der Waals surface area contributed by atoms with Crippen molar-refractivity contribution in [2.45, 2.75) is 97.0 Å². The molecule has 0 aromatic heterocycles. The first-order chi connectivity index (χ1) is 22.2. The van der Waals surface area contributed by atoms with Gasteiger partial charge in [-0.3, -0.25) is 9.59 Å². The van der Waals surface area contributed by atoms with Crippen LogP contribution in [0.25, 0.3) is 0 Å². The minimum absolute atomic E-state index is 0.0433. The molecule has 2 fully saturated rings. The highest BCUT2D eigenvalue weighted by atomic mass is 28.4. The van der Waals surface area contributed by atoms with Gasteiger partial charge in [-0.2, -0.15) is 0 Å². The van der Waals surface area contributed by atoms with Crippen LogP contribution in [0, 0.1) is 29.1 Å². The van der Waals surface area contributed by atoms with Gasteiger partial charge in [0.05, 0.1) is 12.7 Å². The quantitative estimate of drug-likeness (QED) is 0.108. The average Bonchev–Trinajstić information content (AvgIpc) is 3.26. The number of allylic oxidation sites excluding steroid dienone is 2. The fourth-order valence-electron chi connectivity index (χ4n) is 8.56. The first kappa shape index (κ1) is 35.2. The first-order valence-electron chi connectivity index (χ1n) is 17.4. The predicted molar refractivity (Wildman–Crippen MR) is 192 cm³/mol. The molecule has 5 nitrogen and oxygen atoms in total. The van der Waals surface area contributed by atoms with Gasteiger partial charge in [-0.1, -0.05) is 120 Å². The van der Waals surface area contributed by atoms with Crippen LogP contribution in [0.5, 0.6) is 0 Å². The van der Waals surface area contributed by atoms with Crippen LogP contribution in [-0.4, -0.2) is 44.5 Å². The normalized spacial score (nSPS) is 30.7. The lowest BCUT2D eigenvalue weighted by atomic mass is 9.62. The van der Waals surface area contributed by atoms with Gasteiger partial charge in [0.1, 0.15) is 11.7 Å². The third kappa shape index (κ3) is 6.06. The fourth-order valence-corrected chi connectivity index (χ4v) is 13.1. The predicted octanol–water partition coefficient (Wildman–Crippen LogP) is 7.60. The lowest BCUT2D eigenvalue weighted by molar-refractivity contribution is -0.187. The highest BCUT2D eigenvalue weighted by molar-refractivity contribution is 6.99. The third-order valence-electron chi connectivity index (χ3n) is 11.3. The number of carbonyl (C=O) groups excluding carboxylic acids is 2. The summed E-state index contributed by atoms with van der Waals surface area (Å²) in [5.41, 5.74) is -1.10. The van der Waals surface area contributed by atoms with Crippen molar-refractivity contribution in [2.24, 2.45) is 29.1 Å².